The number of halogens is 1. The van der Waals surface area contributed by atoms with Gasteiger partial charge in [0.1, 0.15) is 6.07 Å². The fourth-order valence-corrected chi connectivity index (χ4v) is 1.22. The Labute approximate surface area is 100 Å². The second kappa shape index (κ2) is 4.54. The molecule has 0 unspecified atom stereocenters. The highest BCUT2D eigenvalue weighted by atomic mass is 35.5. The van der Waals surface area contributed by atoms with Crippen LogP contribution in [0.15, 0.2) is 18.2 Å². The fourth-order valence-electron chi connectivity index (χ4n) is 1.00. The van der Waals surface area contributed by atoms with Crippen molar-refractivity contribution >= 4 is 23.2 Å². The lowest BCUT2D eigenvalue weighted by atomic mass is 9.95. The molecule has 0 aliphatic carbocycles. The van der Waals surface area contributed by atoms with Crippen LogP contribution < -0.4 is 5.32 Å². The van der Waals surface area contributed by atoms with Crippen molar-refractivity contribution in [3.63, 3.8) is 0 Å². The van der Waals surface area contributed by atoms with E-state index >= 15 is 0 Å². The molecule has 0 fully saturated rings. The molecule has 0 aromatic heterocycles. The van der Waals surface area contributed by atoms with Gasteiger partial charge in [-0.2, -0.15) is 5.26 Å². The minimum atomic E-state index is -0.458. The summed E-state index contributed by atoms with van der Waals surface area (Å²) in [5.74, 6) is -0.0896. The Bertz CT molecular complexity index is 455. The molecule has 3 nitrogen and oxygen atoms in total. The summed E-state index contributed by atoms with van der Waals surface area (Å²) in [6.45, 7) is 5.48. The molecule has 0 saturated carbocycles. The average molecular weight is 237 g/mol. The number of hydrogen-bond donors (Lipinski definition) is 1. The van der Waals surface area contributed by atoms with Crippen molar-refractivity contribution in [1.82, 2.24) is 0 Å². The molecule has 4 heteroatoms. The van der Waals surface area contributed by atoms with Gasteiger partial charge in [-0.25, -0.2) is 0 Å². The summed E-state index contributed by atoms with van der Waals surface area (Å²) in [7, 11) is 0. The third-order valence-electron chi connectivity index (χ3n) is 2.03. The van der Waals surface area contributed by atoms with E-state index in [4.69, 9.17) is 16.9 Å². The number of hydrogen-bond acceptors (Lipinski definition) is 2. The molecule has 1 rings (SSSR count). The number of nitrogens with zero attached hydrogens (tertiary/aromatic N) is 1. The van der Waals surface area contributed by atoms with Gasteiger partial charge in [-0.05, 0) is 18.2 Å². The quantitative estimate of drug-likeness (QED) is 0.814. The van der Waals surface area contributed by atoms with Gasteiger partial charge in [0.2, 0.25) is 5.91 Å². The van der Waals surface area contributed by atoms with Crippen molar-refractivity contribution < 1.29 is 4.79 Å². The number of carbonyl (C=O) groups excluding carboxylic acids is 1. The van der Waals surface area contributed by atoms with Gasteiger partial charge >= 0.3 is 0 Å². The van der Waals surface area contributed by atoms with Gasteiger partial charge in [-0.1, -0.05) is 32.4 Å². The van der Waals surface area contributed by atoms with Gasteiger partial charge in [-0.15, -0.1) is 0 Å². The van der Waals surface area contributed by atoms with Crippen molar-refractivity contribution in [3.05, 3.63) is 28.8 Å². The SMILES string of the molecule is CC(C)(C)C(=O)Nc1ccc(C#N)c(Cl)c1. The molecule has 0 aliphatic rings. The molecule has 0 saturated heterocycles. The van der Waals surface area contributed by atoms with Crippen LogP contribution in [-0.2, 0) is 4.79 Å². The molecule has 0 spiro atoms. The molecular weight excluding hydrogens is 224 g/mol. The molecule has 84 valence electrons. The smallest absolute Gasteiger partial charge is 0.229 e. The van der Waals surface area contributed by atoms with Crippen molar-refractivity contribution in [3.8, 4) is 6.07 Å². The van der Waals surface area contributed by atoms with E-state index in [1.165, 1.54) is 0 Å². The van der Waals surface area contributed by atoms with Gasteiger partial charge in [-0.3, -0.25) is 4.79 Å². The molecule has 1 aromatic rings. The largest absolute Gasteiger partial charge is 0.326 e. The van der Waals surface area contributed by atoms with E-state index in [1.54, 1.807) is 18.2 Å². The molecule has 0 radical (unpaired) electrons. The van der Waals surface area contributed by atoms with Crippen LogP contribution >= 0.6 is 11.6 Å². The van der Waals surface area contributed by atoms with Crippen molar-refractivity contribution in [2.24, 2.45) is 5.41 Å². The van der Waals surface area contributed by atoms with Crippen LogP contribution in [0.3, 0.4) is 0 Å². The summed E-state index contributed by atoms with van der Waals surface area (Å²) in [4.78, 5) is 11.7. The minimum Gasteiger partial charge on any atom is -0.326 e. The Kier molecular flexibility index (Phi) is 3.56. The van der Waals surface area contributed by atoms with Crippen LogP contribution in [-0.4, -0.2) is 5.91 Å². The molecule has 1 N–H and O–H groups in total. The maximum absolute atomic E-state index is 11.7. The second-order valence-corrected chi connectivity index (χ2v) is 4.92. The Morgan fingerprint density at radius 1 is 1.44 bits per heavy atom. The second-order valence-electron chi connectivity index (χ2n) is 4.51. The van der Waals surface area contributed by atoms with Crippen LogP contribution in [0.2, 0.25) is 5.02 Å². The first-order valence-corrected chi connectivity index (χ1v) is 5.23. The van der Waals surface area contributed by atoms with E-state index in [1.807, 2.05) is 26.8 Å². The number of benzene rings is 1. The molecular formula is C12H13ClN2O. The van der Waals surface area contributed by atoms with Crippen LogP contribution in [0.25, 0.3) is 0 Å². The molecule has 16 heavy (non-hydrogen) atoms. The first-order chi connectivity index (χ1) is 7.34. The third kappa shape index (κ3) is 2.98. The Hall–Kier alpha value is -1.53. The lowest BCUT2D eigenvalue weighted by molar-refractivity contribution is -0.123. The molecule has 0 bridgehead atoms. The lowest BCUT2D eigenvalue weighted by Gasteiger charge is -2.17. The standard InChI is InChI=1S/C12H13ClN2O/c1-12(2,3)11(16)15-9-5-4-8(7-14)10(13)6-9/h4-6H,1-3H3,(H,15,16). The predicted octanol–water partition coefficient (Wildman–Crippen LogP) is 3.20. The molecule has 0 atom stereocenters. The van der Waals surface area contributed by atoms with Gasteiger partial charge in [0.05, 0.1) is 10.6 Å². The van der Waals surface area contributed by atoms with Gasteiger partial charge < -0.3 is 5.32 Å². The van der Waals surface area contributed by atoms with Gasteiger partial charge in [0, 0.05) is 11.1 Å². The van der Waals surface area contributed by atoms with E-state index < -0.39 is 5.41 Å². The van der Waals surface area contributed by atoms with Crippen LogP contribution in [0.5, 0.6) is 0 Å². The summed E-state index contributed by atoms with van der Waals surface area (Å²) in [6, 6.07) is 6.78. The number of rotatable bonds is 1. The minimum absolute atomic E-state index is 0.0896. The zero-order chi connectivity index (χ0) is 12.3. The first-order valence-electron chi connectivity index (χ1n) is 4.85. The number of nitrogens with one attached hydrogen (secondary N) is 1. The monoisotopic (exact) mass is 236 g/mol. The van der Waals surface area contributed by atoms with Gasteiger partial charge in [0.25, 0.3) is 0 Å². The van der Waals surface area contributed by atoms with E-state index in [2.05, 4.69) is 5.32 Å². The van der Waals surface area contributed by atoms with E-state index in [-0.39, 0.29) is 5.91 Å². The topological polar surface area (TPSA) is 52.9 Å². The zero-order valence-corrected chi connectivity index (χ0v) is 10.2. The molecule has 0 heterocycles. The van der Waals surface area contributed by atoms with Crippen molar-refractivity contribution in [2.75, 3.05) is 5.32 Å². The zero-order valence-electron chi connectivity index (χ0n) is 9.47. The average Bonchev–Trinajstić information content (AvgIpc) is 2.16. The number of anilines is 1. The summed E-state index contributed by atoms with van der Waals surface area (Å²) in [6.07, 6.45) is 0. The van der Waals surface area contributed by atoms with E-state index in [9.17, 15) is 4.79 Å². The molecule has 1 aromatic carbocycles. The highest BCUT2D eigenvalue weighted by Crippen LogP contribution is 2.22. The number of nitriles is 1. The molecule has 0 aliphatic heterocycles. The first kappa shape index (κ1) is 12.5. The fraction of sp³-hybridized carbons (Fsp3) is 0.333. The van der Waals surface area contributed by atoms with Crippen LogP contribution in [0, 0.1) is 16.7 Å². The predicted molar refractivity (Wildman–Crippen MR) is 64.3 cm³/mol. The van der Waals surface area contributed by atoms with Crippen molar-refractivity contribution in [2.45, 2.75) is 20.8 Å². The number of amides is 1. The number of carbonyl (C=O) groups is 1. The van der Waals surface area contributed by atoms with E-state index in [0.29, 0.717) is 16.3 Å². The van der Waals surface area contributed by atoms with E-state index in [0.717, 1.165) is 0 Å². The Balaban J connectivity index is 2.89. The third-order valence-corrected chi connectivity index (χ3v) is 2.34. The maximum Gasteiger partial charge on any atom is 0.229 e. The van der Waals surface area contributed by atoms with Crippen molar-refractivity contribution in [1.29, 1.82) is 5.26 Å². The summed E-state index contributed by atoms with van der Waals surface area (Å²) in [5.41, 5.74) is 0.541. The lowest BCUT2D eigenvalue weighted by Crippen LogP contribution is -2.27. The van der Waals surface area contributed by atoms with Crippen LogP contribution in [0.1, 0.15) is 26.3 Å². The highest BCUT2D eigenvalue weighted by molar-refractivity contribution is 6.32. The van der Waals surface area contributed by atoms with Gasteiger partial charge in [0.15, 0.2) is 0 Å². The summed E-state index contributed by atoms with van der Waals surface area (Å²) < 4.78 is 0. The highest BCUT2D eigenvalue weighted by Gasteiger charge is 2.21. The normalized spacial score (nSPS) is 10.7. The van der Waals surface area contributed by atoms with Crippen LogP contribution in [0.4, 0.5) is 5.69 Å². The Morgan fingerprint density at radius 3 is 2.50 bits per heavy atom. The molecule has 1 amide bonds. The Morgan fingerprint density at radius 2 is 2.06 bits per heavy atom. The summed E-state index contributed by atoms with van der Waals surface area (Å²) in [5, 5.41) is 11.8. The maximum atomic E-state index is 11.7. The summed E-state index contributed by atoms with van der Waals surface area (Å²) >= 11 is 5.85.